The van der Waals surface area contributed by atoms with E-state index in [2.05, 4.69) is 11.8 Å². The fourth-order valence-electron chi connectivity index (χ4n) is 3.16. The summed E-state index contributed by atoms with van der Waals surface area (Å²) < 4.78 is 19.2. The second-order valence-electron chi connectivity index (χ2n) is 5.65. The van der Waals surface area contributed by atoms with E-state index < -0.39 is 0 Å². The minimum Gasteiger partial charge on any atom is -0.381 e. The molecule has 3 nitrogen and oxygen atoms in total. The van der Waals surface area contributed by atoms with Crippen LogP contribution in [0.3, 0.4) is 0 Å². The van der Waals surface area contributed by atoms with Gasteiger partial charge in [0.25, 0.3) is 0 Å². The standard InChI is InChI=1S/C16H25FN2O/c1-12(9-13-5-3-4-6-16(13)17)19-8-7-15(20-2)10-14(19)11-18/h3-6,12,14-15H,7-11,18H2,1-2H3. The molecule has 0 aliphatic carbocycles. The second kappa shape index (κ2) is 7.16. The highest BCUT2D eigenvalue weighted by Gasteiger charge is 2.30. The van der Waals surface area contributed by atoms with Gasteiger partial charge in [-0.3, -0.25) is 4.90 Å². The molecule has 3 unspecified atom stereocenters. The predicted octanol–water partition coefficient (Wildman–Crippen LogP) is 2.19. The van der Waals surface area contributed by atoms with Crippen molar-refractivity contribution in [1.29, 1.82) is 0 Å². The minimum atomic E-state index is -0.115. The van der Waals surface area contributed by atoms with Crippen molar-refractivity contribution in [2.75, 3.05) is 20.2 Å². The van der Waals surface area contributed by atoms with Crippen LogP contribution in [0.15, 0.2) is 24.3 Å². The summed E-state index contributed by atoms with van der Waals surface area (Å²) in [7, 11) is 1.76. The van der Waals surface area contributed by atoms with Crippen molar-refractivity contribution < 1.29 is 9.13 Å². The average molecular weight is 280 g/mol. The Labute approximate surface area is 120 Å². The molecule has 0 radical (unpaired) electrons. The Morgan fingerprint density at radius 1 is 1.45 bits per heavy atom. The number of hydrogen-bond donors (Lipinski definition) is 1. The first-order chi connectivity index (χ1) is 9.65. The number of benzene rings is 1. The largest absolute Gasteiger partial charge is 0.381 e. The number of ether oxygens (including phenoxy) is 1. The van der Waals surface area contributed by atoms with Crippen molar-refractivity contribution in [3.63, 3.8) is 0 Å². The van der Waals surface area contributed by atoms with Crippen LogP contribution in [0.1, 0.15) is 25.3 Å². The van der Waals surface area contributed by atoms with Crippen LogP contribution >= 0.6 is 0 Å². The topological polar surface area (TPSA) is 38.5 Å². The van der Waals surface area contributed by atoms with E-state index in [1.165, 1.54) is 6.07 Å². The molecular formula is C16H25FN2O. The summed E-state index contributed by atoms with van der Waals surface area (Å²) in [6, 6.07) is 7.64. The van der Waals surface area contributed by atoms with Crippen molar-refractivity contribution in [1.82, 2.24) is 4.90 Å². The lowest BCUT2D eigenvalue weighted by Gasteiger charge is -2.42. The van der Waals surface area contributed by atoms with Crippen LogP contribution in [0.25, 0.3) is 0 Å². The number of nitrogens with two attached hydrogens (primary N) is 1. The summed E-state index contributed by atoms with van der Waals surface area (Å²) in [5.74, 6) is -0.115. The number of halogens is 1. The van der Waals surface area contributed by atoms with Crippen molar-refractivity contribution in [2.24, 2.45) is 5.73 Å². The van der Waals surface area contributed by atoms with Gasteiger partial charge in [0.1, 0.15) is 5.82 Å². The molecule has 0 amide bonds. The molecule has 1 aliphatic rings. The van der Waals surface area contributed by atoms with Crippen LogP contribution in [0.4, 0.5) is 4.39 Å². The molecule has 1 saturated heterocycles. The zero-order valence-corrected chi connectivity index (χ0v) is 12.4. The maximum atomic E-state index is 13.7. The number of hydrogen-bond acceptors (Lipinski definition) is 3. The fraction of sp³-hybridized carbons (Fsp3) is 0.625. The van der Waals surface area contributed by atoms with Crippen LogP contribution in [0.2, 0.25) is 0 Å². The van der Waals surface area contributed by atoms with Crippen LogP contribution in [0.5, 0.6) is 0 Å². The molecule has 1 heterocycles. The predicted molar refractivity (Wildman–Crippen MR) is 79.1 cm³/mol. The van der Waals surface area contributed by atoms with Crippen LogP contribution in [0, 0.1) is 5.82 Å². The highest BCUT2D eigenvalue weighted by Crippen LogP contribution is 2.23. The van der Waals surface area contributed by atoms with Crippen LogP contribution < -0.4 is 5.73 Å². The van der Waals surface area contributed by atoms with Gasteiger partial charge in [0, 0.05) is 32.3 Å². The first kappa shape index (κ1) is 15.4. The summed E-state index contributed by atoms with van der Waals surface area (Å²) >= 11 is 0. The third kappa shape index (κ3) is 3.57. The van der Waals surface area contributed by atoms with Gasteiger partial charge in [0.2, 0.25) is 0 Å². The Morgan fingerprint density at radius 2 is 2.20 bits per heavy atom. The lowest BCUT2D eigenvalue weighted by molar-refractivity contribution is -0.00116. The van der Waals surface area contributed by atoms with E-state index in [9.17, 15) is 4.39 Å². The Balaban J connectivity index is 2.01. The third-order valence-corrected chi connectivity index (χ3v) is 4.36. The molecule has 1 aromatic rings. The molecule has 0 spiro atoms. The number of likely N-dealkylation sites (tertiary alicyclic amines) is 1. The summed E-state index contributed by atoms with van der Waals surface area (Å²) in [4.78, 5) is 2.40. The zero-order valence-electron chi connectivity index (χ0n) is 12.4. The summed E-state index contributed by atoms with van der Waals surface area (Å²) in [5.41, 5.74) is 6.68. The second-order valence-corrected chi connectivity index (χ2v) is 5.65. The molecule has 0 bridgehead atoms. The van der Waals surface area contributed by atoms with Crippen molar-refractivity contribution in [3.05, 3.63) is 35.6 Å². The normalized spacial score (nSPS) is 25.6. The summed E-state index contributed by atoms with van der Waals surface area (Å²) in [6.45, 7) is 3.75. The van der Waals surface area contributed by atoms with Gasteiger partial charge in [-0.25, -0.2) is 4.39 Å². The lowest BCUT2D eigenvalue weighted by atomic mass is 9.95. The smallest absolute Gasteiger partial charge is 0.126 e. The van der Waals surface area contributed by atoms with E-state index >= 15 is 0 Å². The maximum absolute atomic E-state index is 13.7. The van der Waals surface area contributed by atoms with Gasteiger partial charge in [0.15, 0.2) is 0 Å². The van der Waals surface area contributed by atoms with Gasteiger partial charge in [0.05, 0.1) is 6.10 Å². The number of methoxy groups -OCH3 is 1. The van der Waals surface area contributed by atoms with E-state index in [4.69, 9.17) is 10.5 Å². The van der Waals surface area contributed by atoms with Crippen LogP contribution in [-0.2, 0) is 11.2 Å². The molecule has 2 rings (SSSR count). The molecule has 1 aliphatic heterocycles. The van der Waals surface area contributed by atoms with Crippen molar-refractivity contribution >= 4 is 0 Å². The van der Waals surface area contributed by atoms with Crippen molar-refractivity contribution in [2.45, 2.75) is 44.4 Å². The molecule has 1 fully saturated rings. The van der Waals surface area contributed by atoms with E-state index in [0.717, 1.165) is 31.4 Å². The molecule has 0 saturated carbocycles. The van der Waals surface area contributed by atoms with Gasteiger partial charge >= 0.3 is 0 Å². The molecular weight excluding hydrogens is 255 g/mol. The number of rotatable bonds is 5. The van der Waals surface area contributed by atoms with Gasteiger partial charge in [-0.15, -0.1) is 0 Å². The first-order valence-electron chi connectivity index (χ1n) is 7.37. The maximum Gasteiger partial charge on any atom is 0.126 e. The molecule has 0 aromatic heterocycles. The Hall–Kier alpha value is -0.970. The Kier molecular flexibility index (Phi) is 5.52. The highest BCUT2D eigenvalue weighted by atomic mass is 19.1. The number of nitrogens with zero attached hydrogens (tertiary/aromatic N) is 1. The van der Waals surface area contributed by atoms with Crippen molar-refractivity contribution in [3.8, 4) is 0 Å². The van der Waals surface area contributed by atoms with Gasteiger partial charge in [-0.1, -0.05) is 18.2 Å². The monoisotopic (exact) mass is 280 g/mol. The molecule has 1 aromatic carbocycles. The fourth-order valence-corrected chi connectivity index (χ4v) is 3.16. The van der Waals surface area contributed by atoms with Gasteiger partial charge in [-0.05, 0) is 37.8 Å². The first-order valence-corrected chi connectivity index (χ1v) is 7.37. The summed E-state index contributed by atoms with van der Waals surface area (Å²) in [6.07, 6.45) is 3.02. The third-order valence-electron chi connectivity index (χ3n) is 4.36. The molecule has 20 heavy (non-hydrogen) atoms. The van der Waals surface area contributed by atoms with E-state index in [0.29, 0.717) is 24.7 Å². The average Bonchev–Trinajstić information content (AvgIpc) is 2.48. The minimum absolute atomic E-state index is 0.115. The van der Waals surface area contributed by atoms with Crippen LogP contribution in [-0.4, -0.2) is 43.3 Å². The summed E-state index contributed by atoms with van der Waals surface area (Å²) in [5, 5.41) is 0. The Morgan fingerprint density at radius 3 is 2.85 bits per heavy atom. The van der Waals surface area contributed by atoms with E-state index in [-0.39, 0.29) is 5.82 Å². The molecule has 2 N–H and O–H groups in total. The highest BCUT2D eigenvalue weighted by molar-refractivity contribution is 5.18. The SMILES string of the molecule is COC1CCN(C(C)Cc2ccccc2F)C(CN)C1. The van der Waals surface area contributed by atoms with E-state index in [1.54, 1.807) is 13.2 Å². The lowest BCUT2D eigenvalue weighted by Crippen LogP contribution is -2.52. The Bertz CT molecular complexity index is 427. The van der Waals surface area contributed by atoms with E-state index in [1.807, 2.05) is 12.1 Å². The van der Waals surface area contributed by atoms with Gasteiger partial charge < -0.3 is 10.5 Å². The quantitative estimate of drug-likeness (QED) is 0.898. The number of piperidine rings is 1. The zero-order chi connectivity index (χ0) is 14.5. The van der Waals surface area contributed by atoms with Gasteiger partial charge in [-0.2, -0.15) is 0 Å². The molecule has 3 atom stereocenters. The molecule has 4 heteroatoms. The molecule has 112 valence electrons.